The predicted molar refractivity (Wildman–Crippen MR) is 409 cm³/mol. The van der Waals surface area contributed by atoms with E-state index in [0.717, 1.165) is 105 Å². The average Bonchev–Trinajstić information content (AvgIpc) is 0.969. The number of rotatable bonds is 21. The highest BCUT2D eigenvalue weighted by Crippen LogP contribution is 2.67. The van der Waals surface area contributed by atoms with Gasteiger partial charge in [0.05, 0.1) is 39.3 Å². The highest BCUT2D eigenvalue weighted by Gasteiger charge is 2.62. The summed E-state index contributed by atoms with van der Waals surface area (Å²) in [4.78, 5) is 84.3. The van der Waals surface area contributed by atoms with Crippen molar-refractivity contribution >= 4 is 41.6 Å². The van der Waals surface area contributed by atoms with E-state index in [1.165, 1.54) is 141 Å². The van der Waals surface area contributed by atoms with Crippen LogP contribution in [0.5, 0.6) is 0 Å². The van der Waals surface area contributed by atoms with E-state index in [2.05, 4.69) is 62.3 Å². The number of cyclic esters (lactones) is 1. The van der Waals surface area contributed by atoms with Gasteiger partial charge in [0, 0.05) is 17.3 Å². The van der Waals surface area contributed by atoms with Crippen LogP contribution in [-0.2, 0) is 66.7 Å². The van der Waals surface area contributed by atoms with Crippen LogP contribution >= 0.6 is 0 Å². The largest absolute Gasteiger partial charge is 0.463 e. The molecule has 1 heterocycles. The SMILES string of the molecule is CCC(C)(C)C(=O)C(C)(C)C12CC3CC(CC(C3)C1)C2.CCC(C)(C)C(=O)OC(C)OC12CC3CC(CC(C3)C1)C2.CCC(C)(C)C(=O)OC1(C)C2CC3CC(C2)CC1C3.CCC(C)(C)C(=O)OC1(C)CCCC1.CCC(C)(C)C(=O)OC1(C)CCCCC1.CCC(C)(C)C(=O)OC1CCOC1=O. The summed E-state index contributed by atoms with van der Waals surface area (Å²) in [6.45, 7) is 49.0. The number of carbonyl (C=O) groups excluding carboxylic acids is 7. The number of Topliss-reactive ketones (excluding diaryl/α,β-unsaturated/α-hetero) is 1. The average molecular weight is 1450 g/mol. The summed E-state index contributed by atoms with van der Waals surface area (Å²) in [6, 6.07) is 0. The second-order valence-corrected chi connectivity index (χ2v) is 40.9. The third kappa shape index (κ3) is 21.1. The summed E-state index contributed by atoms with van der Waals surface area (Å²) in [5.74, 6) is 8.02. The Labute approximate surface area is 627 Å². The van der Waals surface area contributed by atoms with Crippen molar-refractivity contribution < 1.29 is 66.7 Å². The minimum Gasteiger partial charge on any atom is -0.463 e. The Bertz CT molecular complexity index is 2770. The maximum Gasteiger partial charge on any atom is 0.347 e. The van der Waals surface area contributed by atoms with Crippen LogP contribution in [0.1, 0.15) is 378 Å². The maximum absolute atomic E-state index is 13.2. The molecule has 1 saturated heterocycles. The van der Waals surface area contributed by atoms with Crippen molar-refractivity contribution in [3.05, 3.63) is 0 Å². The van der Waals surface area contributed by atoms with E-state index in [1.807, 2.05) is 90.0 Å². The molecule has 14 nitrogen and oxygen atoms in total. The van der Waals surface area contributed by atoms with Gasteiger partial charge in [-0.1, -0.05) is 75.7 Å². The first-order valence-corrected chi connectivity index (χ1v) is 42.1. The van der Waals surface area contributed by atoms with E-state index < -0.39 is 29.2 Å². The van der Waals surface area contributed by atoms with Gasteiger partial charge in [-0.3, -0.25) is 28.8 Å². The minimum absolute atomic E-state index is 0.00477. The maximum atomic E-state index is 13.2. The van der Waals surface area contributed by atoms with Gasteiger partial charge in [0.25, 0.3) is 0 Å². The molecule has 15 fully saturated rings. The molecular formula is C89H152O14. The van der Waals surface area contributed by atoms with Gasteiger partial charge in [0.1, 0.15) is 22.6 Å². The van der Waals surface area contributed by atoms with Gasteiger partial charge in [-0.2, -0.15) is 0 Å². The lowest BCUT2D eigenvalue weighted by Crippen LogP contribution is -2.58. The summed E-state index contributed by atoms with van der Waals surface area (Å²) >= 11 is 0. The van der Waals surface area contributed by atoms with Crippen LogP contribution in [0.15, 0.2) is 0 Å². The van der Waals surface area contributed by atoms with Crippen molar-refractivity contribution in [3.63, 3.8) is 0 Å². The fourth-order valence-corrected chi connectivity index (χ4v) is 20.6. The lowest BCUT2D eigenvalue weighted by molar-refractivity contribution is -0.248. The Hall–Kier alpha value is -3.55. The molecule has 2 unspecified atom stereocenters. The summed E-state index contributed by atoms with van der Waals surface area (Å²) < 4.78 is 39.1. The molecule has 14 aliphatic carbocycles. The molecule has 0 spiro atoms. The van der Waals surface area contributed by atoms with Crippen LogP contribution in [-0.4, -0.2) is 83.0 Å². The molecule has 0 N–H and O–H groups in total. The molecule has 0 aromatic rings. The van der Waals surface area contributed by atoms with Gasteiger partial charge in [-0.15, -0.1) is 0 Å². The Morgan fingerprint density at radius 2 is 0.738 bits per heavy atom. The zero-order valence-corrected chi connectivity index (χ0v) is 70.2. The lowest BCUT2D eigenvalue weighted by atomic mass is 9.41. The second kappa shape index (κ2) is 33.7. The van der Waals surface area contributed by atoms with Gasteiger partial charge in [0.15, 0.2) is 0 Å². The summed E-state index contributed by atoms with van der Waals surface area (Å²) in [6.07, 6.45) is 37.2. The van der Waals surface area contributed by atoms with E-state index >= 15 is 0 Å². The molecule has 15 rings (SSSR count). The molecule has 15 aliphatic rings. The molecule has 0 amide bonds. The minimum atomic E-state index is -0.687. The number of hydrogen-bond donors (Lipinski definition) is 0. The molecule has 0 radical (unpaired) electrons. The van der Waals surface area contributed by atoms with E-state index in [-0.39, 0.29) is 79.3 Å². The zero-order chi connectivity index (χ0) is 77.0. The monoisotopic (exact) mass is 1450 g/mol. The van der Waals surface area contributed by atoms with Crippen molar-refractivity contribution in [3.8, 4) is 0 Å². The predicted octanol–water partition coefficient (Wildman–Crippen LogP) is 22.0. The van der Waals surface area contributed by atoms with Crippen LogP contribution < -0.4 is 0 Å². The number of esters is 6. The number of ketones is 1. The molecular weight excluding hydrogens is 1290 g/mol. The zero-order valence-electron chi connectivity index (χ0n) is 70.2. The third-order valence-corrected chi connectivity index (χ3v) is 29.7. The molecule has 14 heteroatoms. The second-order valence-electron chi connectivity index (χ2n) is 40.9. The van der Waals surface area contributed by atoms with Crippen molar-refractivity contribution in [1.82, 2.24) is 0 Å². The van der Waals surface area contributed by atoms with Crippen molar-refractivity contribution in [1.29, 1.82) is 0 Å². The number of hydrogen-bond acceptors (Lipinski definition) is 14. The molecule has 103 heavy (non-hydrogen) atoms. The summed E-state index contributed by atoms with van der Waals surface area (Å²) in [5, 5.41) is 0. The summed E-state index contributed by atoms with van der Waals surface area (Å²) in [5.41, 5.74) is -2.45. The Balaban J connectivity index is 0.000000174. The van der Waals surface area contributed by atoms with E-state index in [1.54, 1.807) is 13.8 Å². The molecule has 0 aromatic carbocycles. The van der Waals surface area contributed by atoms with Crippen molar-refractivity contribution in [2.45, 2.75) is 413 Å². The Kier molecular flexibility index (Phi) is 28.4. The lowest BCUT2D eigenvalue weighted by Gasteiger charge is -2.62. The molecule has 14 saturated carbocycles. The molecule has 1 aliphatic heterocycles. The quantitative estimate of drug-likeness (QED) is 0.0600. The highest BCUT2D eigenvalue weighted by atomic mass is 16.7. The van der Waals surface area contributed by atoms with Crippen LogP contribution in [0, 0.1) is 102 Å². The molecule has 592 valence electrons. The number of ether oxygens (including phenoxy) is 7. The standard InChI is InChI=1S/C19H32O.C18H30O3.C17H28O2.C13H24O2.C12H22O2.C10H16O4/c1-6-17(2,3)16(20)18(4,5)19-10-13-7-14(11-19)9-15(8-13)12-19;1-5-17(3,4)16(19)20-12(2)21-18-9-13-6-14(10-18)8-15(7-13)11-18;1-5-16(2,3)15(18)19-17(4)13-7-11-6-12(9-13)10-14(17)8-11;1-5-12(2,3)11(14)15-13(4)9-7-6-8-10-13;1-5-11(2,3)10(13)14-12(4)8-6-7-9-12;1-4-10(2,3)9(12)14-7-5-6-13-8(7)11/h13-15H,6-12H2,1-5H3;12-15H,5-11H2,1-4H3;11-14H,5-10H2,1-4H3;5-10H2,1-4H3;5-9H2,1-4H3;7H,4-6H2,1-3H3. The molecule has 2 atom stereocenters. The van der Waals surface area contributed by atoms with Gasteiger partial charge < -0.3 is 33.2 Å². The number of carbonyl (C=O) groups is 7. The van der Waals surface area contributed by atoms with E-state index in [4.69, 9.17) is 33.2 Å². The van der Waals surface area contributed by atoms with Gasteiger partial charge in [0.2, 0.25) is 12.4 Å². The smallest absolute Gasteiger partial charge is 0.347 e. The van der Waals surface area contributed by atoms with Crippen LogP contribution in [0.3, 0.4) is 0 Å². The van der Waals surface area contributed by atoms with Gasteiger partial charge >= 0.3 is 35.8 Å². The summed E-state index contributed by atoms with van der Waals surface area (Å²) in [7, 11) is 0. The Morgan fingerprint density at radius 1 is 0.417 bits per heavy atom. The van der Waals surface area contributed by atoms with Crippen LogP contribution in [0.2, 0.25) is 0 Å². The van der Waals surface area contributed by atoms with E-state index in [9.17, 15) is 33.6 Å². The highest BCUT2D eigenvalue weighted by molar-refractivity contribution is 5.90. The van der Waals surface area contributed by atoms with Gasteiger partial charge in [-0.05, 0) is 361 Å². The van der Waals surface area contributed by atoms with Gasteiger partial charge in [-0.25, -0.2) is 4.79 Å². The Morgan fingerprint density at radius 3 is 1.09 bits per heavy atom. The first-order valence-electron chi connectivity index (χ1n) is 42.1. The topological polar surface area (TPSA) is 184 Å². The van der Waals surface area contributed by atoms with Crippen molar-refractivity contribution in [2.24, 2.45) is 102 Å². The first-order chi connectivity index (χ1) is 47.6. The van der Waals surface area contributed by atoms with Crippen LogP contribution in [0.25, 0.3) is 0 Å². The van der Waals surface area contributed by atoms with Crippen LogP contribution in [0.4, 0.5) is 0 Å². The normalized spacial score (nSPS) is 32.9. The third-order valence-electron chi connectivity index (χ3n) is 29.7. The fraction of sp³-hybridized carbons (Fsp3) is 0.921. The first kappa shape index (κ1) is 86.7. The van der Waals surface area contributed by atoms with E-state index in [0.29, 0.717) is 42.5 Å². The van der Waals surface area contributed by atoms with Crippen molar-refractivity contribution in [2.75, 3.05) is 6.61 Å². The molecule has 0 aromatic heterocycles. The molecule has 12 bridgehead atoms. The fourth-order valence-electron chi connectivity index (χ4n) is 20.6.